The van der Waals surface area contributed by atoms with E-state index >= 15 is 0 Å². The molecule has 152 valence electrons. The third-order valence-corrected chi connectivity index (χ3v) is 6.17. The number of nitrogens with zero attached hydrogens (tertiary/aromatic N) is 1. The second-order valence-electron chi connectivity index (χ2n) is 6.02. The van der Waals surface area contributed by atoms with Gasteiger partial charge in [-0.05, 0) is 49.1 Å². The minimum atomic E-state index is -3.80. The van der Waals surface area contributed by atoms with Gasteiger partial charge in [-0.25, -0.2) is 8.42 Å². The lowest BCUT2D eigenvalue weighted by Gasteiger charge is -2.31. The Hall–Kier alpha value is -1.90. The second kappa shape index (κ2) is 9.54. The first-order valence-corrected chi connectivity index (χ1v) is 11.9. The fourth-order valence-electron chi connectivity index (χ4n) is 2.80. The van der Waals surface area contributed by atoms with Gasteiger partial charge in [0.2, 0.25) is 15.9 Å². The number of methoxy groups -OCH3 is 1. The monoisotopic (exact) mass is 442 g/mol. The van der Waals surface area contributed by atoms with Gasteiger partial charge < -0.3 is 10.1 Å². The molecule has 0 fully saturated rings. The summed E-state index contributed by atoms with van der Waals surface area (Å²) in [6, 6.07) is 11.0. The molecular weight excluding hydrogens is 420 g/mol. The van der Waals surface area contributed by atoms with Crippen LogP contribution >= 0.6 is 23.4 Å². The number of anilines is 2. The molecule has 0 radical (unpaired) electrons. The number of halogens is 1. The molecule has 2 aromatic rings. The molecule has 0 bridgehead atoms. The van der Waals surface area contributed by atoms with Crippen LogP contribution in [0.3, 0.4) is 0 Å². The Labute approximate surface area is 175 Å². The Morgan fingerprint density at radius 3 is 2.57 bits per heavy atom. The van der Waals surface area contributed by atoms with E-state index in [2.05, 4.69) is 5.32 Å². The summed E-state index contributed by atoms with van der Waals surface area (Å²) < 4.78 is 31.6. The summed E-state index contributed by atoms with van der Waals surface area (Å²) in [5.74, 6) is -0.126. The molecule has 0 aliphatic carbocycles. The molecule has 1 atom stereocenters. The van der Waals surface area contributed by atoms with Gasteiger partial charge in [0.05, 0.1) is 19.1 Å². The minimum Gasteiger partial charge on any atom is -0.495 e. The predicted octanol–water partition coefficient (Wildman–Crippen LogP) is 4.25. The zero-order valence-corrected chi connectivity index (χ0v) is 18.5. The summed E-state index contributed by atoms with van der Waals surface area (Å²) in [6.45, 7) is 1.75. The third-order valence-electron chi connectivity index (χ3n) is 4.05. The summed E-state index contributed by atoms with van der Waals surface area (Å²) in [5, 5.41) is 3.15. The Bertz CT molecular complexity index is 951. The van der Waals surface area contributed by atoms with Gasteiger partial charge in [-0.15, -0.1) is 11.8 Å². The number of sulfonamides is 1. The number of hydrogen-bond donors (Lipinski definition) is 1. The number of ether oxygens (including phenoxy) is 1. The average molecular weight is 443 g/mol. The average Bonchev–Trinajstić information content (AvgIpc) is 2.64. The fraction of sp³-hybridized carbons (Fsp3) is 0.316. The molecule has 28 heavy (non-hydrogen) atoms. The van der Waals surface area contributed by atoms with Crippen molar-refractivity contribution in [3.63, 3.8) is 0 Å². The molecule has 0 aromatic heterocycles. The van der Waals surface area contributed by atoms with E-state index in [0.717, 1.165) is 15.5 Å². The first-order chi connectivity index (χ1) is 13.2. The first-order valence-electron chi connectivity index (χ1n) is 8.49. The van der Waals surface area contributed by atoms with Gasteiger partial charge in [0.25, 0.3) is 0 Å². The van der Waals surface area contributed by atoms with E-state index in [4.69, 9.17) is 16.3 Å². The molecule has 6 nitrogen and oxygen atoms in total. The quantitative estimate of drug-likeness (QED) is 0.618. The van der Waals surface area contributed by atoms with E-state index in [-0.39, 0.29) is 12.1 Å². The number of hydrogen-bond acceptors (Lipinski definition) is 5. The summed E-state index contributed by atoms with van der Waals surface area (Å²) >= 11 is 7.63. The van der Waals surface area contributed by atoms with Crippen molar-refractivity contribution < 1.29 is 17.9 Å². The van der Waals surface area contributed by atoms with Gasteiger partial charge >= 0.3 is 0 Å². The number of benzene rings is 2. The van der Waals surface area contributed by atoms with Gasteiger partial charge in [0, 0.05) is 15.6 Å². The standard InChI is InChI=1S/C19H23ClN2O4S2/c1-5-16(19(23)21-14-7-6-8-15(12-14)27-3)22(28(4,24)25)17-11-13(20)9-10-18(17)26-2/h6-12,16H,5H2,1-4H3,(H,21,23)/t16-/m1/s1. The summed E-state index contributed by atoms with van der Waals surface area (Å²) in [6.07, 6.45) is 3.25. The van der Waals surface area contributed by atoms with Crippen LogP contribution in [0.4, 0.5) is 11.4 Å². The van der Waals surface area contributed by atoms with Gasteiger partial charge in [-0.3, -0.25) is 9.10 Å². The molecule has 2 aromatic carbocycles. The predicted molar refractivity (Wildman–Crippen MR) is 116 cm³/mol. The maximum absolute atomic E-state index is 13.0. The molecule has 0 aliphatic heterocycles. The Morgan fingerprint density at radius 1 is 1.29 bits per heavy atom. The highest BCUT2D eigenvalue weighted by Gasteiger charge is 2.33. The molecule has 1 amide bonds. The van der Waals surface area contributed by atoms with Crippen molar-refractivity contribution in [1.29, 1.82) is 0 Å². The highest BCUT2D eigenvalue weighted by molar-refractivity contribution is 7.98. The van der Waals surface area contributed by atoms with Gasteiger partial charge in [0.15, 0.2) is 0 Å². The lowest BCUT2D eigenvalue weighted by Crippen LogP contribution is -2.47. The number of carbonyl (C=O) groups is 1. The molecule has 2 rings (SSSR count). The molecule has 9 heteroatoms. The maximum Gasteiger partial charge on any atom is 0.248 e. The normalized spacial score (nSPS) is 12.3. The minimum absolute atomic E-state index is 0.220. The van der Waals surface area contributed by atoms with Crippen LogP contribution in [0.15, 0.2) is 47.4 Å². The second-order valence-corrected chi connectivity index (χ2v) is 9.20. The topological polar surface area (TPSA) is 75.7 Å². The molecule has 0 unspecified atom stereocenters. The highest BCUT2D eigenvalue weighted by atomic mass is 35.5. The molecule has 0 heterocycles. The number of nitrogens with one attached hydrogen (secondary N) is 1. The third kappa shape index (κ3) is 5.33. The molecule has 0 aliphatic rings. The van der Waals surface area contributed by atoms with Crippen LogP contribution in [0.25, 0.3) is 0 Å². The Kier molecular flexibility index (Phi) is 7.63. The lowest BCUT2D eigenvalue weighted by atomic mass is 10.1. The largest absolute Gasteiger partial charge is 0.495 e. The number of amides is 1. The van der Waals surface area contributed by atoms with Gasteiger partial charge in [-0.2, -0.15) is 0 Å². The molecule has 0 saturated carbocycles. The highest BCUT2D eigenvalue weighted by Crippen LogP contribution is 2.35. The van der Waals surface area contributed by atoms with Crippen LogP contribution in [0.1, 0.15) is 13.3 Å². The summed E-state index contributed by atoms with van der Waals surface area (Å²) in [7, 11) is -2.37. The van der Waals surface area contributed by atoms with Crippen molar-refractivity contribution >= 4 is 50.7 Å². The number of thioether (sulfide) groups is 1. The smallest absolute Gasteiger partial charge is 0.248 e. The molecular formula is C19H23ClN2O4S2. The van der Waals surface area contributed by atoms with E-state index in [1.54, 1.807) is 36.9 Å². The van der Waals surface area contributed by atoms with Crippen LogP contribution in [0.2, 0.25) is 5.02 Å². The molecule has 1 N–H and O–H groups in total. The van der Waals surface area contributed by atoms with Crippen LogP contribution in [-0.2, 0) is 14.8 Å². The Balaban J connectivity index is 2.46. The van der Waals surface area contributed by atoms with Gasteiger partial charge in [-0.1, -0.05) is 24.6 Å². The van der Waals surface area contributed by atoms with Crippen LogP contribution in [0, 0.1) is 0 Å². The number of carbonyl (C=O) groups excluding carboxylic acids is 1. The van der Waals surface area contributed by atoms with Crippen molar-refractivity contribution in [2.24, 2.45) is 0 Å². The van der Waals surface area contributed by atoms with Crippen LogP contribution in [0.5, 0.6) is 5.75 Å². The van der Waals surface area contributed by atoms with Crippen molar-refractivity contribution in [3.8, 4) is 5.75 Å². The van der Waals surface area contributed by atoms with E-state index < -0.39 is 22.0 Å². The lowest BCUT2D eigenvalue weighted by molar-refractivity contribution is -0.117. The van der Waals surface area contributed by atoms with Crippen molar-refractivity contribution in [1.82, 2.24) is 0 Å². The molecule has 0 spiro atoms. The zero-order chi connectivity index (χ0) is 20.9. The van der Waals surface area contributed by atoms with E-state index in [1.165, 1.54) is 13.2 Å². The van der Waals surface area contributed by atoms with Crippen molar-refractivity contribution in [3.05, 3.63) is 47.5 Å². The maximum atomic E-state index is 13.0. The first kappa shape index (κ1) is 22.4. The number of rotatable bonds is 8. The van der Waals surface area contributed by atoms with Crippen molar-refractivity contribution in [2.45, 2.75) is 24.3 Å². The van der Waals surface area contributed by atoms with E-state index in [0.29, 0.717) is 16.5 Å². The van der Waals surface area contributed by atoms with Crippen molar-refractivity contribution in [2.75, 3.05) is 29.2 Å². The van der Waals surface area contributed by atoms with Crippen LogP contribution < -0.4 is 14.4 Å². The van der Waals surface area contributed by atoms with E-state index in [1.807, 2.05) is 24.5 Å². The van der Waals surface area contributed by atoms with E-state index in [9.17, 15) is 13.2 Å². The summed E-state index contributed by atoms with van der Waals surface area (Å²) in [5.41, 5.74) is 0.819. The zero-order valence-electron chi connectivity index (χ0n) is 16.1. The van der Waals surface area contributed by atoms with Gasteiger partial charge in [0.1, 0.15) is 11.8 Å². The fourth-order valence-corrected chi connectivity index (χ4v) is 4.63. The SMILES string of the molecule is CC[C@H](C(=O)Nc1cccc(SC)c1)N(c1cc(Cl)ccc1OC)S(C)(=O)=O. The molecule has 0 saturated heterocycles. The van der Waals surface area contributed by atoms with Crippen LogP contribution in [-0.4, -0.2) is 40.0 Å². The summed E-state index contributed by atoms with van der Waals surface area (Å²) in [4.78, 5) is 14.0. The Morgan fingerprint density at radius 2 is 2.00 bits per heavy atom.